The van der Waals surface area contributed by atoms with Crippen LogP contribution in [0.2, 0.25) is 0 Å². The van der Waals surface area contributed by atoms with Gasteiger partial charge in [-0.1, -0.05) is 35.9 Å². The summed E-state index contributed by atoms with van der Waals surface area (Å²) in [4.78, 5) is 0. The summed E-state index contributed by atoms with van der Waals surface area (Å²) >= 11 is 0. The molecule has 1 aliphatic carbocycles. The van der Waals surface area contributed by atoms with Gasteiger partial charge >= 0.3 is 0 Å². The zero-order chi connectivity index (χ0) is 14.1. The normalized spacial score (nSPS) is 17.1. The lowest BCUT2D eigenvalue weighted by Gasteiger charge is -2.15. The summed E-state index contributed by atoms with van der Waals surface area (Å²) in [6, 6.07) is 8.75. The van der Waals surface area contributed by atoms with Crippen molar-refractivity contribution in [2.45, 2.75) is 33.6 Å². The SMILES string of the molecule is C/C1=C/Cc2ccn(-c3c(C)cccc3C)c2C=CC1. The van der Waals surface area contributed by atoms with Gasteiger partial charge in [0.2, 0.25) is 0 Å². The van der Waals surface area contributed by atoms with Crippen LogP contribution in [-0.4, -0.2) is 4.57 Å². The third-order valence-electron chi connectivity index (χ3n) is 4.08. The highest BCUT2D eigenvalue weighted by molar-refractivity contribution is 5.59. The molecular weight excluding hydrogens is 242 g/mol. The van der Waals surface area contributed by atoms with Gasteiger partial charge < -0.3 is 4.57 Å². The van der Waals surface area contributed by atoms with Gasteiger partial charge in [-0.15, -0.1) is 0 Å². The van der Waals surface area contributed by atoms with Crippen molar-refractivity contribution in [3.05, 3.63) is 70.6 Å². The monoisotopic (exact) mass is 263 g/mol. The largest absolute Gasteiger partial charge is 0.316 e. The van der Waals surface area contributed by atoms with Crippen LogP contribution in [-0.2, 0) is 6.42 Å². The molecule has 1 aromatic heterocycles. The lowest BCUT2D eigenvalue weighted by Crippen LogP contribution is -2.02. The van der Waals surface area contributed by atoms with Crippen molar-refractivity contribution < 1.29 is 0 Å². The third-order valence-corrected chi connectivity index (χ3v) is 4.08. The van der Waals surface area contributed by atoms with E-state index in [-0.39, 0.29) is 0 Å². The molecule has 0 radical (unpaired) electrons. The lowest BCUT2D eigenvalue weighted by molar-refractivity contribution is 1.01. The van der Waals surface area contributed by atoms with E-state index >= 15 is 0 Å². The van der Waals surface area contributed by atoms with Crippen LogP contribution in [0.15, 0.2) is 48.2 Å². The molecule has 0 aliphatic heterocycles. The van der Waals surface area contributed by atoms with E-state index in [4.69, 9.17) is 0 Å². The standard InChI is InChI=1S/C19H21N/c1-14-6-4-9-18-17(11-10-14)12-13-20(18)19-15(2)7-5-8-16(19)3/h4-5,7-10,12-13H,6,11H2,1-3H3/b9-4?,14-10-. The van der Waals surface area contributed by atoms with Gasteiger partial charge in [0.05, 0.1) is 5.69 Å². The second kappa shape index (κ2) is 5.16. The first-order valence-electron chi connectivity index (χ1n) is 7.26. The predicted octanol–water partition coefficient (Wildman–Crippen LogP) is 5.00. The van der Waals surface area contributed by atoms with E-state index in [9.17, 15) is 0 Å². The average molecular weight is 263 g/mol. The van der Waals surface area contributed by atoms with E-state index in [1.807, 2.05) is 0 Å². The summed E-state index contributed by atoms with van der Waals surface area (Å²) in [5, 5.41) is 0. The predicted molar refractivity (Wildman–Crippen MR) is 86.4 cm³/mol. The number of fused-ring (bicyclic) bond motifs is 1. The highest BCUT2D eigenvalue weighted by atomic mass is 15.0. The minimum atomic E-state index is 1.03. The summed E-state index contributed by atoms with van der Waals surface area (Å²) in [5.41, 5.74) is 8.15. The van der Waals surface area contributed by atoms with Gasteiger partial charge in [-0.3, -0.25) is 0 Å². The molecule has 1 nitrogen and oxygen atoms in total. The Morgan fingerprint density at radius 3 is 2.45 bits per heavy atom. The maximum Gasteiger partial charge on any atom is 0.0513 e. The average Bonchev–Trinajstić information content (AvgIpc) is 2.76. The van der Waals surface area contributed by atoms with Crippen molar-refractivity contribution >= 4 is 6.08 Å². The fourth-order valence-corrected chi connectivity index (χ4v) is 2.95. The minimum absolute atomic E-state index is 1.03. The smallest absolute Gasteiger partial charge is 0.0513 e. The molecule has 0 spiro atoms. The number of benzene rings is 1. The number of aryl methyl sites for hydroxylation is 2. The number of rotatable bonds is 1. The first-order valence-corrected chi connectivity index (χ1v) is 7.26. The molecular formula is C19H21N. The van der Waals surface area contributed by atoms with Gasteiger partial charge in [0.15, 0.2) is 0 Å². The number of para-hydroxylation sites is 1. The summed E-state index contributed by atoms with van der Waals surface area (Å²) in [6.07, 6.45) is 11.2. The van der Waals surface area contributed by atoms with Crippen LogP contribution >= 0.6 is 0 Å². The number of hydrogen-bond acceptors (Lipinski definition) is 0. The summed E-state index contributed by atoms with van der Waals surface area (Å²) in [5.74, 6) is 0. The van der Waals surface area contributed by atoms with Crippen molar-refractivity contribution in [3.8, 4) is 5.69 Å². The maximum absolute atomic E-state index is 2.34. The Kier molecular flexibility index (Phi) is 3.35. The molecule has 0 saturated heterocycles. The van der Waals surface area contributed by atoms with Crippen molar-refractivity contribution in [1.29, 1.82) is 0 Å². The summed E-state index contributed by atoms with van der Waals surface area (Å²) in [6.45, 7) is 6.58. The van der Waals surface area contributed by atoms with Gasteiger partial charge in [0, 0.05) is 11.9 Å². The van der Waals surface area contributed by atoms with Gasteiger partial charge in [0.1, 0.15) is 0 Å². The Balaban J connectivity index is 2.16. The van der Waals surface area contributed by atoms with E-state index in [1.54, 1.807) is 0 Å². The molecule has 20 heavy (non-hydrogen) atoms. The van der Waals surface area contributed by atoms with E-state index in [0.717, 1.165) is 12.8 Å². The Morgan fingerprint density at radius 2 is 1.70 bits per heavy atom. The van der Waals surface area contributed by atoms with Crippen LogP contribution in [0.25, 0.3) is 11.8 Å². The molecule has 1 heterocycles. The molecule has 1 heteroatoms. The van der Waals surface area contributed by atoms with Crippen LogP contribution in [0, 0.1) is 13.8 Å². The highest BCUT2D eigenvalue weighted by Crippen LogP contribution is 2.26. The molecule has 0 unspecified atom stereocenters. The molecule has 0 bridgehead atoms. The van der Waals surface area contributed by atoms with Crippen molar-refractivity contribution in [1.82, 2.24) is 4.57 Å². The Labute approximate surface area is 121 Å². The van der Waals surface area contributed by atoms with Crippen LogP contribution in [0.1, 0.15) is 35.7 Å². The van der Waals surface area contributed by atoms with Crippen LogP contribution < -0.4 is 0 Å². The lowest BCUT2D eigenvalue weighted by atomic mass is 10.0. The quantitative estimate of drug-likeness (QED) is 0.638. The number of aromatic nitrogens is 1. The fraction of sp³-hybridized carbons (Fsp3) is 0.263. The van der Waals surface area contributed by atoms with Crippen LogP contribution in [0.3, 0.4) is 0 Å². The third kappa shape index (κ3) is 2.24. The molecule has 0 atom stereocenters. The van der Waals surface area contributed by atoms with E-state index < -0.39 is 0 Å². The van der Waals surface area contributed by atoms with Crippen molar-refractivity contribution in [2.24, 2.45) is 0 Å². The van der Waals surface area contributed by atoms with Gasteiger partial charge in [0.25, 0.3) is 0 Å². The number of hydrogen-bond donors (Lipinski definition) is 0. The fourth-order valence-electron chi connectivity index (χ4n) is 2.95. The molecule has 0 N–H and O–H groups in total. The topological polar surface area (TPSA) is 4.93 Å². The summed E-state index contributed by atoms with van der Waals surface area (Å²) < 4.78 is 2.34. The van der Waals surface area contributed by atoms with Crippen LogP contribution in [0.5, 0.6) is 0 Å². The Morgan fingerprint density at radius 1 is 0.950 bits per heavy atom. The van der Waals surface area contributed by atoms with Crippen molar-refractivity contribution in [2.75, 3.05) is 0 Å². The molecule has 0 fully saturated rings. The molecule has 0 amide bonds. The first-order chi connectivity index (χ1) is 9.66. The first kappa shape index (κ1) is 13.0. The second-order valence-corrected chi connectivity index (χ2v) is 5.70. The van der Waals surface area contributed by atoms with Gasteiger partial charge in [-0.25, -0.2) is 0 Å². The summed E-state index contributed by atoms with van der Waals surface area (Å²) in [7, 11) is 0. The molecule has 1 aromatic carbocycles. The van der Waals surface area contributed by atoms with E-state index in [1.165, 1.54) is 33.6 Å². The molecule has 1 aliphatic rings. The molecule has 0 saturated carbocycles. The number of nitrogens with zero attached hydrogens (tertiary/aromatic N) is 1. The molecule has 2 aromatic rings. The minimum Gasteiger partial charge on any atom is -0.316 e. The second-order valence-electron chi connectivity index (χ2n) is 5.70. The van der Waals surface area contributed by atoms with E-state index in [2.05, 4.69) is 74.0 Å². The van der Waals surface area contributed by atoms with Crippen molar-refractivity contribution in [3.63, 3.8) is 0 Å². The Bertz CT molecular complexity index is 678. The molecule has 3 rings (SSSR count). The van der Waals surface area contributed by atoms with Gasteiger partial charge in [-0.2, -0.15) is 0 Å². The van der Waals surface area contributed by atoms with Gasteiger partial charge in [-0.05, 0) is 62.4 Å². The zero-order valence-corrected chi connectivity index (χ0v) is 12.5. The maximum atomic E-state index is 2.34. The molecule has 102 valence electrons. The van der Waals surface area contributed by atoms with Crippen LogP contribution in [0.4, 0.5) is 0 Å². The highest BCUT2D eigenvalue weighted by Gasteiger charge is 2.12. The zero-order valence-electron chi connectivity index (χ0n) is 12.5. The van der Waals surface area contributed by atoms with E-state index in [0.29, 0.717) is 0 Å². The Hall–Kier alpha value is -2.02. The number of allylic oxidation sites excluding steroid dienone is 3.